The van der Waals surface area contributed by atoms with Crippen molar-refractivity contribution in [1.82, 2.24) is 0 Å². The molecule has 1 saturated carbocycles. The van der Waals surface area contributed by atoms with Crippen molar-refractivity contribution in [3.63, 3.8) is 0 Å². The number of hydrogen-bond donors (Lipinski definition) is 1. The molecule has 2 N–H and O–H groups in total. The van der Waals surface area contributed by atoms with Crippen LogP contribution in [0.15, 0.2) is 18.2 Å². The molecular weight excluding hydrogens is 239 g/mol. The molecule has 1 aliphatic carbocycles. The van der Waals surface area contributed by atoms with Gasteiger partial charge in [-0.15, -0.1) is 0 Å². The molecule has 2 aliphatic rings. The van der Waals surface area contributed by atoms with E-state index in [4.69, 9.17) is 5.73 Å². The molecule has 104 valence electrons. The molecule has 0 spiro atoms. The van der Waals surface area contributed by atoms with Crippen molar-refractivity contribution < 1.29 is 4.39 Å². The molecular formula is C16H23FN2. The van der Waals surface area contributed by atoms with E-state index >= 15 is 0 Å². The molecule has 0 aromatic heterocycles. The Hall–Kier alpha value is -1.09. The zero-order valence-corrected chi connectivity index (χ0v) is 11.4. The maximum atomic E-state index is 14.3. The lowest BCUT2D eigenvalue weighted by atomic mass is 9.78. The predicted octanol–water partition coefficient (Wildman–Crippen LogP) is 3.44. The number of halogens is 1. The zero-order chi connectivity index (χ0) is 13.2. The van der Waals surface area contributed by atoms with Crippen molar-refractivity contribution >= 4 is 5.69 Å². The summed E-state index contributed by atoms with van der Waals surface area (Å²) >= 11 is 0. The molecule has 2 nitrogen and oxygen atoms in total. The first-order chi connectivity index (χ1) is 9.29. The fourth-order valence-electron chi connectivity index (χ4n) is 3.83. The van der Waals surface area contributed by atoms with Crippen LogP contribution in [0.5, 0.6) is 0 Å². The third-order valence-corrected chi connectivity index (χ3v) is 4.80. The molecule has 1 saturated heterocycles. The lowest BCUT2D eigenvalue weighted by molar-refractivity contribution is 0.242. The first-order valence-electron chi connectivity index (χ1n) is 7.54. The predicted molar refractivity (Wildman–Crippen MR) is 76.6 cm³/mol. The van der Waals surface area contributed by atoms with Crippen LogP contribution >= 0.6 is 0 Å². The van der Waals surface area contributed by atoms with Crippen molar-refractivity contribution in [3.8, 4) is 0 Å². The van der Waals surface area contributed by atoms with E-state index in [0.29, 0.717) is 12.6 Å². The van der Waals surface area contributed by atoms with Gasteiger partial charge in [0.2, 0.25) is 0 Å². The van der Waals surface area contributed by atoms with Crippen molar-refractivity contribution in [2.24, 2.45) is 11.7 Å². The van der Waals surface area contributed by atoms with Gasteiger partial charge in [0.25, 0.3) is 0 Å². The van der Waals surface area contributed by atoms with Gasteiger partial charge in [0.15, 0.2) is 0 Å². The van der Waals surface area contributed by atoms with Gasteiger partial charge in [0.05, 0.1) is 5.69 Å². The number of fused-ring (bicyclic) bond motifs is 1. The SMILES string of the molecule is NCc1ccc(N2CCC[C@H]3CCCC[C@H]32)c(F)c1. The van der Waals surface area contributed by atoms with Crippen LogP contribution in [0, 0.1) is 11.7 Å². The van der Waals surface area contributed by atoms with Gasteiger partial charge in [0.1, 0.15) is 5.82 Å². The standard InChI is InChI=1S/C16H23FN2/c17-14-10-12(11-18)7-8-16(14)19-9-3-5-13-4-1-2-6-15(13)19/h7-8,10,13,15H,1-6,9,11,18H2/t13-,15-/m1/s1. The summed E-state index contributed by atoms with van der Waals surface area (Å²) in [6.07, 6.45) is 7.71. The smallest absolute Gasteiger partial charge is 0.146 e. The Balaban J connectivity index is 1.87. The molecule has 2 fully saturated rings. The highest BCUT2D eigenvalue weighted by molar-refractivity contribution is 5.50. The van der Waals surface area contributed by atoms with Crippen LogP contribution in [0.2, 0.25) is 0 Å². The Kier molecular flexibility index (Phi) is 3.74. The van der Waals surface area contributed by atoms with Crippen LogP contribution in [0.3, 0.4) is 0 Å². The van der Waals surface area contributed by atoms with Gasteiger partial charge in [-0.25, -0.2) is 4.39 Å². The Morgan fingerprint density at radius 2 is 1.95 bits per heavy atom. The molecule has 1 aromatic carbocycles. The van der Waals surface area contributed by atoms with E-state index in [1.165, 1.54) is 38.5 Å². The average Bonchev–Trinajstić information content (AvgIpc) is 2.46. The van der Waals surface area contributed by atoms with Crippen molar-refractivity contribution in [1.29, 1.82) is 0 Å². The molecule has 1 aliphatic heterocycles. The number of benzene rings is 1. The van der Waals surface area contributed by atoms with Gasteiger partial charge in [-0.1, -0.05) is 18.9 Å². The summed E-state index contributed by atoms with van der Waals surface area (Å²) in [5, 5.41) is 0. The fourth-order valence-corrected chi connectivity index (χ4v) is 3.83. The molecule has 0 amide bonds. The first-order valence-corrected chi connectivity index (χ1v) is 7.54. The fraction of sp³-hybridized carbons (Fsp3) is 0.625. The van der Waals surface area contributed by atoms with Gasteiger partial charge in [-0.3, -0.25) is 0 Å². The largest absolute Gasteiger partial charge is 0.366 e. The first kappa shape index (κ1) is 12.9. The van der Waals surface area contributed by atoms with E-state index in [1.807, 2.05) is 12.1 Å². The summed E-state index contributed by atoms with van der Waals surface area (Å²) in [7, 11) is 0. The van der Waals surface area contributed by atoms with Crippen LogP contribution in [-0.2, 0) is 6.54 Å². The van der Waals surface area contributed by atoms with Crippen LogP contribution in [0.4, 0.5) is 10.1 Å². The Bertz CT molecular complexity index is 444. The summed E-state index contributed by atoms with van der Waals surface area (Å²) in [4.78, 5) is 2.32. The molecule has 3 rings (SSSR count). The van der Waals surface area contributed by atoms with Crippen LogP contribution in [-0.4, -0.2) is 12.6 Å². The summed E-state index contributed by atoms with van der Waals surface area (Å²) in [6.45, 7) is 1.41. The van der Waals surface area contributed by atoms with Gasteiger partial charge in [0, 0.05) is 19.1 Å². The Morgan fingerprint density at radius 3 is 2.74 bits per heavy atom. The second-order valence-corrected chi connectivity index (χ2v) is 5.94. The van der Waals surface area contributed by atoms with E-state index in [1.54, 1.807) is 6.07 Å². The molecule has 1 heterocycles. The zero-order valence-electron chi connectivity index (χ0n) is 11.4. The van der Waals surface area contributed by atoms with E-state index in [2.05, 4.69) is 4.90 Å². The number of rotatable bonds is 2. The normalized spacial score (nSPS) is 27.2. The minimum Gasteiger partial charge on any atom is -0.366 e. The van der Waals surface area contributed by atoms with Gasteiger partial charge in [-0.05, 0) is 49.3 Å². The highest BCUT2D eigenvalue weighted by Crippen LogP contribution is 2.38. The minimum absolute atomic E-state index is 0.103. The minimum atomic E-state index is -0.103. The summed E-state index contributed by atoms with van der Waals surface area (Å²) < 4.78 is 14.3. The second-order valence-electron chi connectivity index (χ2n) is 5.94. The molecule has 2 atom stereocenters. The third-order valence-electron chi connectivity index (χ3n) is 4.80. The van der Waals surface area contributed by atoms with E-state index in [0.717, 1.165) is 23.7 Å². The van der Waals surface area contributed by atoms with Gasteiger partial charge >= 0.3 is 0 Å². The molecule has 0 unspecified atom stereocenters. The number of nitrogens with two attached hydrogens (primary N) is 1. The Morgan fingerprint density at radius 1 is 1.16 bits per heavy atom. The van der Waals surface area contributed by atoms with Crippen LogP contribution in [0.25, 0.3) is 0 Å². The van der Waals surface area contributed by atoms with E-state index in [9.17, 15) is 4.39 Å². The van der Waals surface area contributed by atoms with Crippen molar-refractivity contribution in [3.05, 3.63) is 29.6 Å². The molecule has 1 aromatic rings. The summed E-state index contributed by atoms with van der Waals surface area (Å²) in [5.74, 6) is 0.672. The molecule has 0 bridgehead atoms. The van der Waals surface area contributed by atoms with Crippen LogP contribution in [0.1, 0.15) is 44.1 Å². The monoisotopic (exact) mass is 262 g/mol. The molecule has 19 heavy (non-hydrogen) atoms. The quantitative estimate of drug-likeness (QED) is 0.884. The van der Waals surface area contributed by atoms with E-state index in [-0.39, 0.29) is 5.82 Å². The number of anilines is 1. The average molecular weight is 262 g/mol. The van der Waals surface area contributed by atoms with Crippen molar-refractivity contribution in [2.45, 2.75) is 51.1 Å². The lowest BCUT2D eigenvalue weighted by Crippen LogP contribution is -2.47. The maximum absolute atomic E-state index is 14.3. The number of hydrogen-bond acceptors (Lipinski definition) is 2. The van der Waals surface area contributed by atoms with Crippen LogP contribution < -0.4 is 10.6 Å². The number of nitrogens with zero attached hydrogens (tertiary/aromatic N) is 1. The van der Waals surface area contributed by atoms with Crippen molar-refractivity contribution in [2.75, 3.05) is 11.4 Å². The summed E-state index contributed by atoms with van der Waals surface area (Å²) in [6, 6.07) is 6.04. The lowest BCUT2D eigenvalue weighted by Gasteiger charge is -2.45. The Labute approximate surface area is 114 Å². The molecule has 0 radical (unpaired) electrons. The maximum Gasteiger partial charge on any atom is 0.146 e. The number of piperidine rings is 1. The third kappa shape index (κ3) is 2.48. The van der Waals surface area contributed by atoms with Gasteiger partial charge < -0.3 is 10.6 Å². The van der Waals surface area contributed by atoms with E-state index < -0.39 is 0 Å². The second kappa shape index (κ2) is 5.49. The highest BCUT2D eigenvalue weighted by Gasteiger charge is 2.34. The highest BCUT2D eigenvalue weighted by atomic mass is 19.1. The topological polar surface area (TPSA) is 29.3 Å². The van der Waals surface area contributed by atoms with Gasteiger partial charge in [-0.2, -0.15) is 0 Å². The summed E-state index contributed by atoms with van der Waals surface area (Å²) in [5.41, 5.74) is 7.23. The molecule has 3 heteroatoms.